The molecule has 0 aliphatic carbocycles. The largest absolute Gasteiger partial charge is 0.305 e. The Kier molecular flexibility index (Phi) is 3.89. The van der Waals surface area contributed by atoms with Gasteiger partial charge >= 0.3 is 0 Å². The molecule has 0 spiro atoms. The summed E-state index contributed by atoms with van der Waals surface area (Å²) in [5.41, 5.74) is 1.94. The molecule has 0 saturated carbocycles. The van der Waals surface area contributed by atoms with Crippen molar-refractivity contribution in [2.45, 2.75) is 13.8 Å². The van der Waals surface area contributed by atoms with Gasteiger partial charge in [0.1, 0.15) is 17.3 Å². The van der Waals surface area contributed by atoms with Gasteiger partial charge in [0.2, 0.25) is 0 Å². The molecule has 0 bridgehead atoms. The van der Waals surface area contributed by atoms with Crippen molar-refractivity contribution < 1.29 is 9.18 Å². The molecule has 0 atom stereocenters. The Hall–Kier alpha value is -3.02. The van der Waals surface area contributed by atoms with Crippen LogP contribution in [0.15, 0.2) is 48.5 Å². The number of aromatic nitrogens is 3. The van der Waals surface area contributed by atoms with Crippen LogP contribution in [0, 0.1) is 19.7 Å². The molecule has 0 saturated heterocycles. The van der Waals surface area contributed by atoms with Crippen molar-refractivity contribution in [2.75, 3.05) is 5.32 Å². The molecule has 2 aromatic heterocycles. The van der Waals surface area contributed by atoms with Gasteiger partial charge in [0, 0.05) is 6.07 Å². The molecule has 3 aromatic rings. The van der Waals surface area contributed by atoms with E-state index in [1.54, 1.807) is 10.7 Å². The predicted octanol–water partition coefficient (Wildman–Crippen LogP) is 3.28. The molecule has 0 aliphatic rings. The molecule has 0 fully saturated rings. The molecule has 0 radical (unpaired) electrons. The number of hydrogen-bond donors (Lipinski definition) is 1. The fraction of sp³-hybridized carbons (Fsp3) is 0.118. The van der Waals surface area contributed by atoms with Gasteiger partial charge in [-0.05, 0) is 38.1 Å². The number of amides is 1. The van der Waals surface area contributed by atoms with Crippen LogP contribution in [0.25, 0.3) is 5.69 Å². The normalized spacial score (nSPS) is 10.6. The van der Waals surface area contributed by atoms with Crippen LogP contribution < -0.4 is 5.32 Å². The van der Waals surface area contributed by atoms with Gasteiger partial charge in [0.15, 0.2) is 0 Å². The minimum atomic E-state index is -0.438. The molecule has 1 aromatic carbocycles. The smallest absolute Gasteiger partial charge is 0.275 e. The number of hydrogen-bond acceptors (Lipinski definition) is 3. The van der Waals surface area contributed by atoms with E-state index in [1.807, 2.05) is 37.3 Å². The van der Waals surface area contributed by atoms with Crippen molar-refractivity contribution in [3.8, 4) is 5.69 Å². The van der Waals surface area contributed by atoms with Crippen LogP contribution in [-0.4, -0.2) is 20.7 Å². The summed E-state index contributed by atoms with van der Waals surface area (Å²) in [5, 5.41) is 7.15. The van der Waals surface area contributed by atoms with E-state index in [9.17, 15) is 9.18 Å². The van der Waals surface area contributed by atoms with Crippen molar-refractivity contribution in [2.24, 2.45) is 0 Å². The van der Waals surface area contributed by atoms with Gasteiger partial charge in [-0.25, -0.2) is 14.1 Å². The highest BCUT2D eigenvalue weighted by Gasteiger charge is 2.14. The zero-order valence-electron chi connectivity index (χ0n) is 12.7. The number of nitrogens with zero attached hydrogens (tertiary/aromatic N) is 3. The number of carbonyl (C=O) groups is 1. The Morgan fingerprint density at radius 3 is 2.57 bits per heavy atom. The number of nitrogens with one attached hydrogen (secondary N) is 1. The summed E-state index contributed by atoms with van der Waals surface area (Å²) >= 11 is 0. The second-order valence-electron chi connectivity index (χ2n) is 5.14. The van der Waals surface area contributed by atoms with Crippen molar-refractivity contribution in [3.63, 3.8) is 0 Å². The lowest BCUT2D eigenvalue weighted by atomic mass is 10.3. The van der Waals surface area contributed by atoms with E-state index < -0.39 is 11.7 Å². The van der Waals surface area contributed by atoms with Crippen LogP contribution in [0.1, 0.15) is 21.9 Å². The van der Waals surface area contributed by atoms with E-state index in [2.05, 4.69) is 15.4 Å². The zero-order valence-corrected chi connectivity index (χ0v) is 12.7. The van der Waals surface area contributed by atoms with Gasteiger partial charge < -0.3 is 5.32 Å². The lowest BCUT2D eigenvalue weighted by molar-refractivity contribution is 0.102. The third-order valence-corrected chi connectivity index (χ3v) is 3.33. The van der Waals surface area contributed by atoms with E-state index in [0.717, 1.165) is 11.4 Å². The van der Waals surface area contributed by atoms with E-state index in [-0.39, 0.29) is 11.4 Å². The molecule has 23 heavy (non-hydrogen) atoms. The highest BCUT2D eigenvalue weighted by molar-refractivity contribution is 6.02. The van der Waals surface area contributed by atoms with Gasteiger partial charge in [-0.1, -0.05) is 18.2 Å². The molecule has 2 heterocycles. The van der Waals surface area contributed by atoms with Crippen molar-refractivity contribution >= 4 is 11.7 Å². The maximum Gasteiger partial charge on any atom is 0.275 e. The Labute approximate surface area is 132 Å². The van der Waals surface area contributed by atoms with Crippen molar-refractivity contribution in [1.82, 2.24) is 14.8 Å². The Morgan fingerprint density at radius 1 is 1.13 bits per heavy atom. The summed E-state index contributed by atoms with van der Waals surface area (Å²) in [7, 11) is 0. The Balaban J connectivity index is 1.91. The SMILES string of the molecule is Cc1cc(NC(=O)c2ccc(F)c(C)n2)n(-c2ccccc2)n1. The first-order valence-corrected chi connectivity index (χ1v) is 7.11. The monoisotopic (exact) mass is 310 g/mol. The number of benzene rings is 1. The first-order chi connectivity index (χ1) is 11.0. The number of para-hydroxylation sites is 1. The van der Waals surface area contributed by atoms with Gasteiger partial charge in [-0.2, -0.15) is 5.10 Å². The maximum absolute atomic E-state index is 13.3. The molecule has 3 rings (SSSR count). The van der Waals surface area contributed by atoms with Gasteiger partial charge in [-0.3, -0.25) is 4.79 Å². The van der Waals surface area contributed by atoms with E-state index in [0.29, 0.717) is 5.82 Å². The van der Waals surface area contributed by atoms with Crippen LogP contribution >= 0.6 is 0 Å². The quantitative estimate of drug-likeness (QED) is 0.807. The summed E-state index contributed by atoms with van der Waals surface area (Å²) in [4.78, 5) is 16.3. The first-order valence-electron chi connectivity index (χ1n) is 7.11. The van der Waals surface area contributed by atoms with Crippen LogP contribution in [0.5, 0.6) is 0 Å². The molecule has 6 heteroatoms. The summed E-state index contributed by atoms with van der Waals surface area (Å²) in [6.07, 6.45) is 0. The number of halogens is 1. The first kappa shape index (κ1) is 14.9. The Morgan fingerprint density at radius 2 is 1.87 bits per heavy atom. The summed E-state index contributed by atoms with van der Waals surface area (Å²) in [6.45, 7) is 3.36. The third kappa shape index (κ3) is 3.11. The van der Waals surface area contributed by atoms with E-state index >= 15 is 0 Å². The second kappa shape index (κ2) is 6.00. The van der Waals surface area contributed by atoms with Crippen LogP contribution in [0.2, 0.25) is 0 Å². The number of carbonyl (C=O) groups excluding carboxylic acids is 1. The highest BCUT2D eigenvalue weighted by Crippen LogP contribution is 2.17. The highest BCUT2D eigenvalue weighted by atomic mass is 19.1. The standard InChI is InChI=1S/C17H15FN4O/c1-11-10-16(22(21-11)13-6-4-3-5-7-13)20-17(23)15-9-8-14(18)12(2)19-15/h3-10H,1-2H3,(H,20,23). The Bertz CT molecular complexity index is 858. The fourth-order valence-corrected chi connectivity index (χ4v) is 2.21. The van der Waals surface area contributed by atoms with Crippen molar-refractivity contribution in [3.05, 3.63) is 71.4 Å². The second-order valence-corrected chi connectivity index (χ2v) is 5.14. The molecule has 0 aliphatic heterocycles. The predicted molar refractivity (Wildman–Crippen MR) is 85.2 cm³/mol. The number of anilines is 1. The summed E-state index contributed by atoms with van der Waals surface area (Å²) in [6, 6.07) is 13.8. The molecule has 116 valence electrons. The van der Waals surface area contributed by atoms with Gasteiger partial charge in [0.05, 0.1) is 17.1 Å². The van der Waals surface area contributed by atoms with E-state index in [1.165, 1.54) is 19.1 Å². The molecule has 1 N–H and O–H groups in total. The fourth-order valence-electron chi connectivity index (χ4n) is 2.21. The minimum Gasteiger partial charge on any atom is -0.305 e. The third-order valence-electron chi connectivity index (χ3n) is 3.33. The summed E-state index contributed by atoms with van der Waals surface area (Å²) < 4.78 is 14.9. The average Bonchev–Trinajstić information content (AvgIpc) is 2.91. The summed E-state index contributed by atoms with van der Waals surface area (Å²) in [5.74, 6) is -0.320. The van der Waals surface area contributed by atoms with Crippen LogP contribution in [-0.2, 0) is 0 Å². The number of pyridine rings is 1. The van der Waals surface area contributed by atoms with Crippen molar-refractivity contribution in [1.29, 1.82) is 0 Å². The van der Waals surface area contributed by atoms with Gasteiger partial charge in [-0.15, -0.1) is 0 Å². The molecule has 0 unspecified atom stereocenters. The van der Waals surface area contributed by atoms with Crippen LogP contribution in [0.3, 0.4) is 0 Å². The van der Waals surface area contributed by atoms with Crippen LogP contribution in [0.4, 0.5) is 10.2 Å². The minimum absolute atomic E-state index is 0.155. The topological polar surface area (TPSA) is 59.8 Å². The molecular weight excluding hydrogens is 295 g/mol. The number of rotatable bonds is 3. The molecule has 1 amide bonds. The maximum atomic E-state index is 13.3. The average molecular weight is 310 g/mol. The molecular formula is C17H15FN4O. The zero-order chi connectivity index (χ0) is 16.4. The lowest BCUT2D eigenvalue weighted by Gasteiger charge is -2.09. The molecule has 5 nitrogen and oxygen atoms in total. The van der Waals surface area contributed by atoms with Gasteiger partial charge in [0.25, 0.3) is 5.91 Å². The number of aryl methyl sites for hydroxylation is 2. The lowest BCUT2D eigenvalue weighted by Crippen LogP contribution is -2.17. The van der Waals surface area contributed by atoms with E-state index in [4.69, 9.17) is 0 Å².